The van der Waals surface area contributed by atoms with Crippen molar-refractivity contribution in [2.24, 2.45) is 11.7 Å². The minimum atomic E-state index is -0.494. The topological polar surface area (TPSA) is 119 Å². The molecule has 6 N–H and O–H groups in total. The molecule has 2 aromatic rings. The molecule has 0 aliphatic carbocycles. The van der Waals surface area contributed by atoms with Crippen molar-refractivity contribution in [3.8, 4) is 11.5 Å². The third kappa shape index (κ3) is 3.16. The number of para-hydroxylation sites is 2. The summed E-state index contributed by atoms with van der Waals surface area (Å²) in [6.07, 6.45) is 0. The van der Waals surface area contributed by atoms with Gasteiger partial charge in [0, 0.05) is 0 Å². The van der Waals surface area contributed by atoms with E-state index in [1.165, 1.54) is 0 Å². The molecule has 21 heavy (non-hydrogen) atoms. The third-order valence-corrected chi connectivity index (χ3v) is 2.75. The number of hydrogen-bond donors (Lipinski definition) is 4. The molecule has 2 amide bonds. The van der Waals surface area contributed by atoms with Crippen LogP contribution in [0.25, 0.3) is 0 Å². The van der Waals surface area contributed by atoms with Crippen LogP contribution in [0.1, 0.15) is 20.7 Å². The number of ether oxygens (including phenoxy) is 1. The van der Waals surface area contributed by atoms with Gasteiger partial charge in [-0.15, -0.1) is 0 Å². The number of rotatable bonds is 4. The van der Waals surface area contributed by atoms with Crippen LogP contribution >= 0.6 is 0 Å². The summed E-state index contributed by atoms with van der Waals surface area (Å²) < 4.78 is 5.65. The van der Waals surface area contributed by atoms with Gasteiger partial charge >= 0.3 is 0 Å². The Morgan fingerprint density at radius 1 is 0.762 bits per heavy atom. The number of hydrazine groups is 2. The number of hydrogen-bond acceptors (Lipinski definition) is 5. The summed E-state index contributed by atoms with van der Waals surface area (Å²) in [4.78, 5) is 23.4. The zero-order valence-corrected chi connectivity index (χ0v) is 11.0. The maximum atomic E-state index is 11.7. The van der Waals surface area contributed by atoms with Crippen molar-refractivity contribution >= 4 is 11.8 Å². The molecule has 7 heteroatoms. The summed E-state index contributed by atoms with van der Waals surface area (Å²) in [6, 6.07) is 13.1. The number of benzene rings is 2. The van der Waals surface area contributed by atoms with Gasteiger partial charge in [-0.05, 0) is 24.3 Å². The molecule has 0 fully saturated rings. The first-order chi connectivity index (χ1) is 10.2. The van der Waals surface area contributed by atoms with Crippen LogP contribution in [0.2, 0.25) is 0 Å². The molecular weight excluding hydrogens is 272 g/mol. The summed E-state index contributed by atoms with van der Waals surface area (Å²) in [5.74, 6) is 9.82. The van der Waals surface area contributed by atoms with Crippen molar-refractivity contribution < 1.29 is 14.3 Å². The Kier molecular flexibility index (Phi) is 4.50. The molecule has 7 nitrogen and oxygen atoms in total. The minimum Gasteiger partial charge on any atom is -0.456 e. The number of carbonyl (C=O) groups excluding carboxylic acids is 2. The van der Waals surface area contributed by atoms with Gasteiger partial charge in [0.2, 0.25) is 0 Å². The van der Waals surface area contributed by atoms with E-state index < -0.39 is 11.8 Å². The molecule has 108 valence electrons. The highest BCUT2D eigenvalue weighted by atomic mass is 16.5. The Balaban J connectivity index is 2.40. The van der Waals surface area contributed by atoms with Gasteiger partial charge in [-0.3, -0.25) is 20.4 Å². The molecular formula is C14H14N4O3. The number of amides is 2. The largest absolute Gasteiger partial charge is 0.456 e. The van der Waals surface area contributed by atoms with E-state index in [9.17, 15) is 9.59 Å². The van der Waals surface area contributed by atoms with Crippen LogP contribution in [0.3, 0.4) is 0 Å². The second kappa shape index (κ2) is 6.51. The molecule has 0 aromatic heterocycles. The van der Waals surface area contributed by atoms with Crippen LogP contribution < -0.4 is 27.3 Å². The smallest absolute Gasteiger partial charge is 0.268 e. The standard InChI is InChI=1S/C14H14N4O3/c15-17-13(19)9-5-1-3-7-11(9)21-12-8-4-2-6-10(12)14(20)18-16/h1-8H,15-16H2,(H,17,19)(H,18,20). The summed E-state index contributed by atoms with van der Waals surface area (Å²) in [7, 11) is 0. The van der Waals surface area contributed by atoms with Crippen LogP contribution in [0, 0.1) is 0 Å². The maximum Gasteiger partial charge on any atom is 0.268 e. The molecule has 0 atom stereocenters. The fourth-order valence-corrected chi connectivity index (χ4v) is 1.76. The molecule has 2 aromatic carbocycles. The van der Waals surface area contributed by atoms with Gasteiger partial charge < -0.3 is 4.74 Å². The molecule has 0 aliphatic heterocycles. The molecule has 0 aliphatic rings. The van der Waals surface area contributed by atoms with Gasteiger partial charge in [-0.2, -0.15) is 0 Å². The quantitative estimate of drug-likeness (QED) is 0.374. The van der Waals surface area contributed by atoms with Gasteiger partial charge in [0.1, 0.15) is 11.5 Å². The SMILES string of the molecule is NNC(=O)c1ccccc1Oc1ccccc1C(=O)NN. The summed E-state index contributed by atoms with van der Waals surface area (Å²) in [5.41, 5.74) is 4.58. The lowest BCUT2D eigenvalue weighted by Gasteiger charge is -2.12. The van der Waals surface area contributed by atoms with E-state index in [1.54, 1.807) is 48.5 Å². The van der Waals surface area contributed by atoms with Crippen LogP contribution in [0.5, 0.6) is 11.5 Å². The third-order valence-electron chi connectivity index (χ3n) is 2.75. The Morgan fingerprint density at radius 2 is 1.14 bits per heavy atom. The summed E-state index contributed by atoms with van der Waals surface area (Å²) in [6.45, 7) is 0. The molecule has 0 radical (unpaired) electrons. The lowest BCUT2D eigenvalue weighted by Crippen LogP contribution is -2.31. The molecule has 2 rings (SSSR count). The Morgan fingerprint density at radius 3 is 1.52 bits per heavy atom. The highest BCUT2D eigenvalue weighted by Crippen LogP contribution is 2.28. The molecule has 0 heterocycles. The van der Waals surface area contributed by atoms with Crippen molar-refractivity contribution in [1.82, 2.24) is 10.9 Å². The Hall–Kier alpha value is -2.90. The molecule has 0 bridgehead atoms. The summed E-state index contributed by atoms with van der Waals surface area (Å²) in [5, 5.41) is 0. The van der Waals surface area contributed by atoms with Gasteiger partial charge in [-0.1, -0.05) is 24.3 Å². The molecule has 0 spiro atoms. The van der Waals surface area contributed by atoms with Crippen molar-refractivity contribution in [2.75, 3.05) is 0 Å². The fraction of sp³-hybridized carbons (Fsp3) is 0. The van der Waals surface area contributed by atoms with Crippen molar-refractivity contribution in [1.29, 1.82) is 0 Å². The first-order valence-corrected chi connectivity index (χ1v) is 6.05. The van der Waals surface area contributed by atoms with E-state index in [4.69, 9.17) is 16.4 Å². The zero-order chi connectivity index (χ0) is 15.2. The van der Waals surface area contributed by atoms with Gasteiger partial charge in [-0.25, -0.2) is 11.7 Å². The number of nitrogen functional groups attached to an aromatic ring is 2. The zero-order valence-electron chi connectivity index (χ0n) is 11.0. The Labute approximate surface area is 120 Å². The molecule has 0 saturated heterocycles. The predicted octanol–water partition coefficient (Wildman–Crippen LogP) is 0.686. The maximum absolute atomic E-state index is 11.7. The van der Waals surface area contributed by atoms with Gasteiger partial charge in [0.05, 0.1) is 11.1 Å². The first kappa shape index (κ1) is 14.5. The number of carbonyl (C=O) groups is 2. The lowest BCUT2D eigenvalue weighted by atomic mass is 10.1. The van der Waals surface area contributed by atoms with Crippen LogP contribution in [-0.2, 0) is 0 Å². The molecule has 0 unspecified atom stereocenters. The Bertz CT molecular complexity index is 615. The normalized spacial score (nSPS) is 9.81. The highest BCUT2D eigenvalue weighted by molar-refractivity contribution is 5.98. The fourth-order valence-electron chi connectivity index (χ4n) is 1.76. The summed E-state index contributed by atoms with van der Waals surface area (Å²) >= 11 is 0. The van der Waals surface area contributed by atoms with E-state index in [1.807, 2.05) is 10.9 Å². The van der Waals surface area contributed by atoms with Crippen molar-refractivity contribution in [3.63, 3.8) is 0 Å². The average Bonchev–Trinajstić information content (AvgIpc) is 2.54. The van der Waals surface area contributed by atoms with Crippen LogP contribution in [0.4, 0.5) is 0 Å². The van der Waals surface area contributed by atoms with Gasteiger partial charge in [0.15, 0.2) is 0 Å². The lowest BCUT2D eigenvalue weighted by molar-refractivity contribution is 0.0947. The first-order valence-electron chi connectivity index (χ1n) is 6.05. The van der Waals surface area contributed by atoms with E-state index in [0.29, 0.717) is 0 Å². The van der Waals surface area contributed by atoms with Gasteiger partial charge in [0.25, 0.3) is 11.8 Å². The predicted molar refractivity (Wildman–Crippen MR) is 76.3 cm³/mol. The number of nitrogens with one attached hydrogen (secondary N) is 2. The average molecular weight is 286 g/mol. The number of nitrogens with two attached hydrogens (primary N) is 2. The second-order valence-corrected chi connectivity index (χ2v) is 4.04. The minimum absolute atomic E-state index is 0.253. The molecule has 0 saturated carbocycles. The van der Waals surface area contributed by atoms with E-state index >= 15 is 0 Å². The monoisotopic (exact) mass is 286 g/mol. The van der Waals surface area contributed by atoms with E-state index in [2.05, 4.69) is 0 Å². The van der Waals surface area contributed by atoms with Crippen molar-refractivity contribution in [3.05, 3.63) is 59.7 Å². The van der Waals surface area contributed by atoms with E-state index in [0.717, 1.165) is 0 Å². The van der Waals surface area contributed by atoms with Crippen LogP contribution in [0.15, 0.2) is 48.5 Å². The van der Waals surface area contributed by atoms with Crippen molar-refractivity contribution in [2.45, 2.75) is 0 Å². The van der Waals surface area contributed by atoms with E-state index in [-0.39, 0.29) is 22.6 Å². The second-order valence-electron chi connectivity index (χ2n) is 4.04. The van der Waals surface area contributed by atoms with Crippen LogP contribution in [-0.4, -0.2) is 11.8 Å². The highest BCUT2D eigenvalue weighted by Gasteiger charge is 2.15.